The summed E-state index contributed by atoms with van der Waals surface area (Å²) in [6, 6.07) is -0.174. The normalized spacial score (nSPS) is 14.7. The van der Waals surface area contributed by atoms with Crippen molar-refractivity contribution in [2.24, 2.45) is 5.73 Å². The van der Waals surface area contributed by atoms with E-state index < -0.39 is 5.91 Å². The highest BCUT2D eigenvalue weighted by molar-refractivity contribution is 5.96. The number of aryl methyl sites for hydroxylation is 1. The van der Waals surface area contributed by atoms with Gasteiger partial charge in [0.05, 0.1) is 30.0 Å². The lowest BCUT2D eigenvalue weighted by Crippen LogP contribution is -2.40. The summed E-state index contributed by atoms with van der Waals surface area (Å²) in [5.74, 6) is 0.0891. The third-order valence-electron chi connectivity index (χ3n) is 5.03. The molecule has 0 fully saturated rings. The van der Waals surface area contributed by atoms with Gasteiger partial charge in [0.2, 0.25) is 5.91 Å². The second-order valence-corrected chi connectivity index (χ2v) is 6.99. The number of nitrogens with zero attached hydrogens (tertiary/aromatic N) is 5. The number of rotatable bonds is 5. The second kappa shape index (κ2) is 6.98. The van der Waals surface area contributed by atoms with E-state index >= 15 is 0 Å². The van der Waals surface area contributed by atoms with Gasteiger partial charge in [-0.15, -0.1) is 0 Å². The molecule has 144 valence electrons. The molecule has 3 heterocycles. The molecule has 0 bridgehead atoms. The molecule has 27 heavy (non-hydrogen) atoms. The summed E-state index contributed by atoms with van der Waals surface area (Å²) in [6.45, 7) is 8.41. The summed E-state index contributed by atoms with van der Waals surface area (Å²) in [5.41, 5.74) is 7.78. The lowest BCUT2D eigenvalue weighted by Gasteiger charge is -2.29. The minimum atomic E-state index is -0.520. The van der Waals surface area contributed by atoms with Crippen LogP contribution in [0.1, 0.15) is 64.4 Å². The van der Waals surface area contributed by atoms with Gasteiger partial charge < -0.3 is 15.2 Å². The average Bonchev–Trinajstić information content (AvgIpc) is 3.14. The predicted octanol–water partition coefficient (Wildman–Crippen LogP) is 0.991. The number of Topliss-reactive ketones (excluding diaryl/α,β-unsaturated/α-hetero) is 1. The van der Waals surface area contributed by atoms with E-state index in [4.69, 9.17) is 5.73 Å². The van der Waals surface area contributed by atoms with Crippen LogP contribution in [0.2, 0.25) is 0 Å². The van der Waals surface area contributed by atoms with Crippen LogP contribution in [0.25, 0.3) is 0 Å². The van der Waals surface area contributed by atoms with E-state index in [2.05, 4.69) is 10.1 Å². The molecule has 1 atom stereocenters. The van der Waals surface area contributed by atoms with Crippen LogP contribution in [0, 0.1) is 13.8 Å². The summed E-state index contributed by atoms with van der Waals surface area (Å²) in [6.07, 6.45) is 1.72. The minimum Gasteiger partial charge on any atom is -0.364 e. The molecule has 0 saturated heterocycles. The average molecular weight is 372 g/mol. The zero-order valence-corrected chi connectivity index (χ0v) is 16.0. The van der Waals surface area contributed by atoms with E-state index in [1.54, 1.807) is 21.1 Å². The maximum atomic E-state index is 12.8. The van der Waals surface area contributed by atoms with Gasteiger partial charge in [-0.05, 0) is 27.7 Å². The molecule has 2 amide bonds. The fourth-order valence-electron chi connectivity index (χ4n) is 3.74. The molecule has 9 heteroatoms. The number of primary amides is 1. The standard InChI is InChI=1S/C18H24N6O3/c1-10(24-12(3)17(13(4)25)11(2)21-24)7-16(26)22-5-6-23-14(18(19)27)8-20-15(23)9-22/h8,10H,5-7,9H2,1-4H3,(H2,19,27)/t10-/m1/s1. The third kappa shape index (κ3) is 3.36. The maximum Gasteiger partial charge on any atom is 0.266 e. The summed E-state index contributed by atoms with van der Waals surface area (Å²) < 4.78 is 3.51. The third-order valence-corrected chi connectivity index (χ3v) is 5.03. The molecule has 0 saturated carbocycles. The zero-order valence-electron chi connectivity index (χ0n) is 16.0. The first-order valence-corrected chi connectivity index (χ1v) is 8.89. The van der Waals surface area contributed by atoms with E-state index in [0.29, 0.717) is 42.4 Å². The van der Waals surface area contributed by atoms with Crippen molar-refractivity contribution in [2.45, 2.75) is 53.2 Å². The number of imidazole rings is 1. The molecule has 0 spiro atoms. The Bertz CT molecular complexity index is 926. The Morgan fingerprint density at radius 2 is 1.96 bits per heavy atom. The number of amides is 2. The number of carbonyl (C=O) groups is 3. The predicted molar refractivity (Wildman–Crippen MR) is 97.2 cm³/mol. The molecule has 0 aromatic carbocycles. The molecular weight excluding hydrogens is 348 g/mol. The van der Waals surface area contributed by atoms with Crippen LogP contribution in [0.5, 0.6) is 0 Å². The van der Waals surface area contributed by atoms with E-state index in [1.165, 1.54) is 13.1 Å². The Kier molecular flexibility index (Phi) is 4.86. The molecule has 0 aliphatic carbocycles. The van der Waals surface area contributed by atoms with E-state index in [1.807, 2.05) is 13.8 Å². The highest BCUT2D eigenvalue weighted by Crippen LogP contribution is 2.22. The van der Waals surface area contributed by atoms with Crippen molar-refractivity contribution in [3.63, 3.8) is 0 Å². The number of hydrogen-bond acceptors (Lipinski definition) is 5. The molecule has 2 N–H and O–H groups in total. The Balaban J connectivity index is 1.72. The maximum absolute atomic E-state index is 12.8. The Morgan fingerprint density at radius 1 is 1.26 bits per heavy atom. The molecule has 1 aliphatic rings. The van der Waals surface area contributed by atoms with Crippen LogP contribution in [0.3, 0.4) is 0 Å². The lowest BCUT2D eigenvalue weighted by atomic mass is 10.1. The highest BCUT2D eigenvalue weighted by Gasteiger charge is 2.27. The summed E-state index contributed by atoms with van der Waals surface area (Å²) >= 11 is 0. The summed E-state index contributed by atoms with van der Waals surface area (Å²) in [5, 5.41) is 4.45. The van der Waals surface area contributed by atoms with Crippen molar-refractivity contribution in [1.82, 2.24) is 24.2 Å². The van der Waals surface area contributed by atoms with Crippen molar-refractivity contribution in [1.29, 1.82) is 0 Å². The van der Waals surface area contributed by atoms with Crippen LogP contribution in [-0.4, -0.2) is 48.4 Å². The molecular formula is C18H24N6O3. The number of hydrogen-bond donors (Lipinski definition) is 1. The minimum absolute atomic E-state index is 0.0192. The first-order valence-electron chi connectivity index (χ1n) is 8.89. The van der Waals surface area contributed by atoms with Crippen LogP contribution in [-0.2, 0) is 17.9 Å². The molecule has 1 aliphatic heterocycles. The first kappa shape index (κ1) is 18.8. The van der Waals surface area contributed by atoms with Gasteiger partial charge >= 0.3 is 0 Å². The van der Waals surface area contributed by atoms with Gasteiger partial charge in [-0.2, -0.15) is 5.10 Å². The molecule has 9 nitrogen and oxygen atoms in total. The Hall–Kier alpha value is -2.97. The SMILES string of the molecule is CC(=O)c1c(C)nn([C@H](C)CC(=O)N2CCn3c(C(N)=O)cnc3C2)c1C. The van der Waals surface area contributed by atoms with Crippen LogP contribution < -0.4 is 5.73 Å². The largest absolute Gasteiger partial charge is 0.364 e. The Morgan fingerprint density at radius 3 is 2.56 bits per heavy atom. The molecule has 3 rings (SSSR count). The second-order valence-electron chi connectivity index (χ2n) is 6.99. The smallest absolute Gasteiger partial charge is 0.266 e. The van der Waals surface area contributed by atoms with Gasteiger partial charge in [-0.1, -0.05) is 0 Å². The monoisotopic (exact) mass is 372 g/mol. The zero-order chi connectivity index (χ0) is 19.9. The number of ketones is 1. The van der Waals surface area contributed by atoms with Gasteiger partial charge in [0.15, 0.2) is 5.78 Å². The number of nitrogens with two attached hydrogens (primary N) is 1. The number of carbonyl (C=O) groups excluding carboxylic acids is 3. The lowest BCUT2D eigenvalue weighted by molar-refractivity contribution is -0.133. The fraction of sp³-hybridized carbons (Fsp3) is 0.500. The van der Waals surface area contributed by atoms with Crippen molar-refractivity contribution in [2.75, 3.05) is 6.54 Å². The van der Waals surface area contributed by atoms with Crippen LogP contribution >= 0.6 is 0 Å². The van der Waals surface area contributed by atoms with Crippen LogP contribution in [0.15, 0.2) is 6.20 Å². The quantitative estimate of drug-likeness (QED) is 0.786. The summed E-state index contributed by atoms with van der Waals surface area (Å²) in [4.78, 5) is 41.9. The fourth-order valence-corrected chi connectivity index (χ4v) is 3.74. The van der Waals surface area contributed by atoms with Gasteiger partial charge in [0.25, 0.3) is 5.91 Å². The van der Waals surface area contributed by atoms with E-state index in [9.17, 15) is 14.4 Å². The van der Waals surface area contributed by atoms with Gasteiger partial charge in [0.1, 0.15) is 11.5 Å². The van der Waals surface area contributed by atoms with Crippen molar-refractivity contribution in [3.8, 4) is 0 Å². The summed E-state index contributed by atoms with van der Waals surface area (Å²) in [7, 11) is 0. The van der Waals surface area contributed by atoms with E-state index in [-0.39, 0.29) is 24.2 Å². The number of fused-ring (bicyclic) bond motifs is 1. The van der Waals surface area contributed by atoms with Gasteiger partial charge in [0, 0.05) is 25.2 Å². The van der Waals surface area contributed by atoms with Crippen molar-refractivity contribution < 1.29 is 14.4 Å². The molecule has 0 radical (unpaired) electrons. The van der Waals surface area contributed by atoms with Crippen molar-refractivity contribution in [3.05, 3.63) is 34.7 Å². The highest BCUT2D eigenvalue weighted by atomic mass is 16.2. The van der Waals surface area contributed by atoms with Crippen molar-refractivity contribution >= 4 is 17.6 Å². The molecule has 0 unspecified atom stereocenters. The van der Waals surface area contributed by atoms with Gasteiger partial charge in [-0.3, -0.25) is 19.1 Å². The first-order chi connectivity index (χ1) is 12.7. The van der Waals surface area contributed by atoms with E-state index in [0.717, 1.165) is 5.69 Å². The topological polar surface area (TPSA) is 116 Å². The molecule has 2 aromatic rings. The Labute approximate surface area is 157 Å². The number of aromatic nitrogens is 4. The van der Waals surface area contributed by atoms with Crippen LogP contribution in [0.4, 0.5) is 0 Å². The molecule has 2 aromatic heterocycles. The van der Waals surface area contributed by atoms with Gasteiger partial charge in [-0.25, -0.2) is 4.98 Å².